The SMILES string of the molecule is C=C(C)C(=O)O.C=C(C)C(=O)O.C[CH2][Sn][CH2]C. The molecule has 0 aromatic carbocycles. The van der Waals surface area contributed by atoms with Crippen molar-refractivity contribution in [1.29, 1.82) is 0 Å². The van der Waals surface area contributed by atoms with Gasteiger partial charge in [-0.15, -0.1) is 0 Å². The second kappa shape index (κ2) is 15.2. The third kappa shape index (κ3) is 31.3. The van der Waals surface area contributed by atoms with Gasteiger partial charge in [0.25, 0.3) is 0 Å². The number of hydrogen-bond donors (Lipinski definition) is 2. The molecule has 0 unspecified atom stereocenters. The third-order valence-electron chi connectivity index (χ3n) is 1.23. The van der Waals surface area contributed by atoms with Gasteiger partial charge in [0.05, 0.1) is 0 Å². The summed E-state index contributed by atoms with van der Waals surface area (Å²) >= 11 is 0.218. The van der Waals surface area contributed by atoms with Crippen LogP contribution >= 0.6 is 0 Å². The van der Waals surface area contributed by atoms with Crippen molar-refractivity contribution in [3.63, 3.8) is 0 Å². The van der Waals surface area contributed by atoms with E-state index in [0.29, 0.717) is 0 Å². The molecule has 0 saturated heterocycles. The number of carboxylic acids is 2. The van der Waals surface area contributed by atoms with Crippen LogP contribution in [0.3, 0.4) is 0 Å². The van der Waals surface area contributed by atoms with Crippen LogP contribution in [-0.4, -0.2) is 43.3 Å². The predicted octanol–water partition coefficient (Wildman–Crippen LogP) is 2.86. The van der Waals surface area contributed by atoms with Crippen LogP contribution in [0.1, 0.15) is 27.7 Å². The van der Waals surface area contributed by atoms with E-state index in [1.165, 1.54) is 22.7 Å². The fourth-order valence-electron chi connectivity index (χ4n) is 0.250. The van der Waals surface area contributed by atoms with Gasteiger partial charge in [0.15, 0.2) is 0 Å². The summed E-state index contributed by atoms with van der Waals surface area (Å²) in [7, 11) is 0. The van der Waals surface area contributed by atoms with E-state index in [9.17, 15) is 9.59 Å². The van der Waals surface area contributed by atoms with Crippen molar-refractivity contribution in [3.05, 3.63) is 24.3 Å². The Morgan fingerprint density at radius 3 is 1.12 bits per heavy atom. The van der Waals surface area contributed by atoms with Gasteiger partial charge in [-0.05, 0) is 13.8 Å². The second-order valence-electron chi connectivity index (χ2n) is 3.13. The molecular weight excluding hydrogens is 327 g/mol. The first-order chi connectivity index (χ1) is 7.70. The van der Waals surface area contributed by atoms with Gasteiger partial charge in [0.2, 0.25) is 0 Å². The Morgan fingerprint density at radius 1 is 0.941 bits per heavy atom. The van der Waals surface area contributed by atoms with E-state index in [2.05, 4.69) is 27.0 Å². The molecule has 2 N–H and O–H groups in total. The Kier molecular flexibility index (Phi) is 19.2. The Bertz CT molecular complexity index is 209. The quantitative estimate of drug-likeness (QED) is 0.605. The number of aliphatic carboxylic acids is 2. The summed E-state index contributed by atoms with van der Waals surface area (Å²) < 4.78 is 3.03. The molecule has 0 rings (SSSR count). The third-order valence-corrected chi connectivity index (χ3v) is 4.08. The molecular formula is C12H22O4Sn. The van der Waals surface area contributed by atoms with E-state index < -0.39 is 11.9 Å². The molecule has 0 aliphatic rings. The molecule has 0 amide bonds. The zero-order chi connectivity index (χ0) is 14.4. The molecule has 4 nitrogen and oxygen atoms in total. The zero-order valence-electron chi connectivity index (χ0n) is 11.0. The van der Waals surface area contributed by atoms with Crippen molar-refractivity contribution in [3.8, 4) is 0 Å². The first-order valence-electron chi connectivity index (χ1n) is 5.18. The van der Waals surface area contributed by atoms with Gasteiger partial charge in [-0.3, -0.25) is 0 Å². The fraction of sp³-hybridized carbons (Fsp3) is 0.500. The van der Waals surface area contributed by atoms with E-state index in [1.54, 1.807) is 0 Å². The van der Waals surface area contributed by atoms with Crippen molar-refractivity contribution in [1.82, 2.24) is 0 Å². The minimum absolute atomic E-state index is 0.176. The second-order valence-corrected chi connectivity index (χ2v) is 8.59. The average molecular weight is 349 g/mol. The Hall–Kier alpha value is -0.781. The van der Waals surface area contributed by atoms with Gasteiger partial charge in [-0.25, -0.2) is 9.59 Å². The van der Waals surface area contributed by atoms with Gasteiger partial charge >= 0.3 is 55.8 Å². The van der Waals surface area contributed by atoms with Crippen LogP contribution in [0.2, 0.25) is 8.87 Å². The van der Waals surface area contributed by atoms with E-state index in [1.807, 2.05) is 0 Å². The topological polar surface area (TPSA) is 74.6 Å². The fourth-order valence-corrected chi connectivity index (χ4v) is 1.68. The summed E-state index contributed by atoms with van der Waals surface area (Å²) in [5.74, 6) is -1.87. The molecule has 0 aliphatic heterocycles. The van der Waals surface area contributed by atoms with Crippen LogP contribution in [0.25, 0.3) is 0 Å². The first-order valence-corrected chi connectivity index (χ1v) is 9.22. The normalized spacial score (nSPS) is 7.76. The van der Waals surface area contributed by atoms with Crippen LogP contribution < -0.4 is 0 Å². The van der Waals surface area contributed by atoms with Crippen LogP contribution in [0, 0.1) is 0 Å². The summed E-state index contributed by atoms with van der Waals surface area (Å²) in [6.45, 7) is 13.8. The molecule has 0 heterocycles. The monoisotopic (exact) mass is 350 g/mol. The molecule has 98 valence electrons. The maximum atomic E-state index is 9.60. The first kappa shape index (κ1) is 21.5. The molecule has 0 spiro atoms. The predicted molar refractivity (Wildman–Crippen MR) is 71.6 cm³/mol. The summed E-state index contributed by atoms with van der Waals surface area (Å²) in [6, 6.07) is 0. The maximum absolute atomic E-state index is 9.60. The molecule has 0 aromatic rings. The zero-order valence-corrected chi connectivity index (χ0v) is 13.9. The number of rotatable bonds is 4. The number of carboxylic acid groups (broad SMARTS) is 2. The van der Waals surface area contributed by atoms with Crippen molar-refractivity contribution in [2.45, 2.75) is 36.6 Å². The van der Waals surface area contributed by atoms with Crippen LogP contribution in [0.4, 0.5) is 0 Å². The average Bonchev–Trinajstić information content (AvgIpc) is 2.20. The molecule has 0 saturated carbocycles. The van der Waals surface area contributed by atoms with Gasteiger partial charge < -0.3 is 10.2 Å². The molecule has 0 bridgehead atoms. The Labute approximate surface area is 114 Å². The summed E-state index contributed by atoms with van der Waals surface area (Å²) in [5, 5.41) is 15.8. The number of carbonyl (C=O) groups is 2. The van der Waals surface area contributed by atoms with Crippen molar-refractivity contribution < 1.29 is 19.8 Å². The van der Waals surface area contributed by atoms with E-state index in [4.69, 9.17) is 10.2 Å². The molecule has 17 heavy (non-hydrogen) atoms. The van der Waals surface area contributed by atoms with Gasteiger partial charge in [0.1, 0.15) is 0 Å². The van der Waals surface area contributed by atoms with E-state index in [0.717, 1.165) is 0 Å². The van der Waals surface area contributed by atoms with E-state index >= 15 is 0 Å². The Morgan fingerprint density at radius 2 is 1.12 bits per heavy atom. The van der Waals surface area contributed by atoms with Crippen molar-refractivity contribution >= 4 is 33.1 Å². The van der Waals surface area contributed by atoms with E-state index in [-0.39, 0.29) is 32.3 Å². The molecule has 0 atom stereocenters. The van der Waals surface area contributed by atoms with Crippen LogP contribution in [0.5, 0.6) is 0 Å². The summed E-state index contributed by atoms with van der Waals surface area (Å²) in [4.78, 5) is 19.2. The Balaban J connectivity index is -0.000000174. The van der Waals surface area contributed by atoms with Gasteiger partial charge in [-0.1, -0.05) is 13.2 Å². The van der Waals surface area contributed by atoms with Crippen molar-refractivity contribution in [2.24, 2.45) is 0 Å². The summed E-state index contributed by atoms with van der Waals surface area (Å²) in [6.07, 6.45) is 0. The molecule has 0 aromatic heterocycles. The summed E-state index contributed by atoms with van der Waals surface area (Å²) in [5.41, 5.74) is 0.352. The van der Waals surface area contributed by atoms with Crippen LogP contribution in [0.15, 0.2) is 24.3 Å². The minimum atomic E-state index is -0.935. The molecule has 5 heteroatoms. The van der Waals surface area contributed by atoms with Gasteiger partial charge in [0, 0.05) is 11.1 Å². The molecule has 0 aliphatic carbocycles. The number of hydrogen-bond acceptors (Lipinski definition) is 2. The van der Waals surface area contributed by atoms with Crippen LogP contribution in [-0.2, 0) is 9.59 Å². The van der Waals surface area contributed by atoms with Gasteiger partial charge in [-0.2, -0.15) is 0 Å². The molecule has 2 radical (unpaired) electrons. The van der Waals surface area contributed by atoms with Crippen molar-refractivity contribution in [2.75, 3.05) is 0 Å². The molecule has 0 fully saturated rings. The standard InChI is InChI=1S/2C4H6O2.2C2H5.Sn/c2*1-3(2)4(5)6;2*1-2;/h2*1H2,2H3,(H,5,6);2*1H2,2H3;.